The van der Waals surface area contributed by atoms with E-state index in [-0.39, 0.29) is 5.91 Å². The van der Waals surface area contributed by atoms with Crippen LogP contribution in [0.25, 0.3) is 0 Å². The van der Waals surface area contributed by atoms with Crippen molar-refractivity contribution in [3.8, 4) is 11.5 Å². The molecule has 0 saturated heterocycles. The summed E-state index contributed by atoms with van der Waals surface area (Å²) in [4.78, 5) is 22.8. The molecule has 0 aromatic heterocycles. The summed E-state index contributed by atoms with van der Waals surface area (Å²) < 4.78 is 10.6. The van der Waals surface area contributed by atoms with Crippen molar-refractivity contribution in [1.29, 1.82) is 0 Å². The van der Waals surface area contributed by atoms with E-state index in [0.717, 1.165) is 12.8 Å². The van der Waals surface area contributed by atoms with E-state index in [9.17, 15) is 9.59 Å². The van der Waals surface area contributed by atoms with Crippen LogP contribution in [-0.4, -0.2) is 31.4 Å². The van der Waals surface area contributed by atoms with E-state index in [0.29, 0.717) is 29.4 Å². The van der Waals surface area contributed by atoms with Gasteiger partial charge in [-0.2, -0.15) is 0 Å². The molecule has 1 saturated carbocycles. The zero-order valence-electron chi connectivity index (χ0n) is 11.0. The Balaban J connectivity index is 2.04. The summed E-state index contributed by atoms with van der Waals surface area (Å²) in [5.74, 6) is 0.800. The standard InChI is InChI=1S/C14H17NO4/c1-9(14(17)15-11-3-4-11)19-13-6-5-12(18-2)7-10(13)8-16/h5-9,11H,3-4H2,1-2H3,(H,15,17). The molecular weight excluding hydrogens is 246 g/mol. The molecule has 19 heavy (non-hydrogen) atoms. The summed E-state index contributed by atoms with van der Waals surface area (Å²) in [5, 5.41) is 2.86. The van der Waals surface area contributed by atoms with Crippen molar-refractivity contribution in [2.75, 3.05) is 7.11 Å². The van der Waals surface area contributed by atoms with Gasteiger partial charge in [0.25, 0.3) is 5.91 Å². The van der Waals surface area contributed by atoms with Crippen LogP contribution in [0.2, 0.25) is 0 Å². The van der Waals surface area contributed by atoms with Gasteiger partial charge in [-0.25, -0.2) is 0 Å². The lowest BCUT2D eigenvalue weighted by molar-refractivity contribution is -0.127. The summed E-state index contributed by atoms with van der Waals surface area (Å²) >= 11 is 0. The average Bonchev–Trinajstić information content (AvgIpc) is 3.22. The highest BCUT2D eigenvalue weighted by molar-refractivity contribution is 5.83. The van der Waals surface area contributed by atoms with E-state index in [1.54, 1.807) is 25.1 Å². The van der Waals surface area contributed by atoms with Gasteiger partial charge in [-0.3, -0.25) is 9.59 Å². The van der Waals surface area contributed by atoms with E-state index in [1.807, 2.05) is 0 Å². The first-order chi connectivity index (χ1) is 9.13. The Morgan fingerprint density at radius 3 is 2.79 bits per heavy atom. The van der Waals surface area contributed by atoms with E-state index < -0.39 is 6.10 Å². The first-order valence-electron chi connectivity index (χ1n) is 6.24. The number of amides is 1. The molecular formula is C14H17NO4. The highest BCUT2D eigenvalue weighted by atomic mass is 16.5. The lowest BCUT2D eigenvalue weighted by Gasteiger charge is -2.16. The van der Waals surface area contributed by atoms with Crippen LogP contribution in [-0.2, 0) is 4.79 Å². The quantitative estimate of drug-likeness (QED) is 0.791. The molecule has 0 bridgehead atoms. The third-order valence-electron chi connectivity index (χ3n) is 2.94. The highest BCUT2D eigenvalue weighted by Gasteiger charge is 2.26. The minimum absolute atomic E-state index is 0.157. The molecule has 1 aromatic carbocycles. The molecule has 1 amide bonds. The monoisotopic (exact) mass is 263 g/mol. The number of ether oxygens (including phenoxy) is 2. The fourth-order valence-electron chi connectivity index (χ4n) is 1.64. The summed E-state index contributed by atoms with van der Waals surface area (Å²) in [5.41, 5.74) is 0.366. The van der Waals surface area contributed by atoms with Crippen molar-refractivity contribution in [3.63, 3.8) is 0 Å². The van der Waals surface area contributed by atoms with Crippen LogP contribution in [0, 0.1) is 0 Å². The zero-order chi connectivity index (χ0) is 13.8. The maximum Gasteiger partial charge on any atom is 0.260 e. The second-order valence-corrected chi connectivity index (χ2v) is 4.56. The summed E-state index contributed by atoms with van der Waals surface area (Å²) in [7, 11) is 1.52. The molecule has 1 aromatic rings. The number of benzene rings is 1. The Hall–Kier alpha value is -2.04. The molecule has 1 atom stereocenters. The van der Waals surface area contributed by atoms with Gasteiger partial charge in [-0.1, -0.05) is 0 Å². The van der Waals surface area contributed by atoms with E-state index >= 15 is 0 Å². The van der Waals surface area contributed by atoms with Crippen molar-refractivity contribution < 1.29 is 19.1 Å². The van der Waals surface area contributed by atoms with Gasteiger partial charge in [0.1, 0.15) is 11.5 Å². The molecule has 0 aliphatic heterocycles. The maximum absolute atomic E-state index is 11.8. The summed E-state index contributed by atoms with van der Waals surface area (Å²) in [6.45, 7) is 1.66. The van der Waals surface area contributed by atoms with Gasteiger partial charge in [0, 0.05) is 6.04 Å². The predicted octanol–water partition coefficient (Wildman–Crippen LogP) is 1.55. The fraction of sp³-hybridized carbons (Fsp3) is 0.429. The molecule has 1 aliphatic carbocycles. The van der Waals surface area contributed by atoms with Gasteiger partial charge in [0.2, 0.25) is 0 Å². The van der Waals surface area contributed by atoms with Crippen molar-refractivity contribution in [2.45, 2.75) is 31.9 Å². The molecule has 0 heterocycles. The van der Waals surface area contributed by atoms with Crippen LogP contribution in [0.5, 0.6) is 11.5 Å². The van der Waals surface area contributed by atoms with Crippen molar-refractivity contribution in [2.24, 2.45) is 0 Å². The fourth-order valence-corrected chi connectivity index (χ4v) is 1.64. The molecule has 1 aliphatic rings. The van der Waals surface area contributed by atoms with Crippen LogP contribution in [0.1, 0.15) is 30.1 Å². The lowest BCUT2D eigenvalue weighted by Crippen LogP contribution is -2.37. The minimum Gasteiger partial charge on any atom is -0.497 e. The van der Waals surface area contributed by atoms with E-state index in [1.165, 1.54) is 7.11 Å². The van der Waals surface area contributed by atoms with Crippen LogP contribution in [0.15, 0.2) is 18.2 Å². The summed E-state index contributed by atoms with van der Waals surface area (Å²) in [6.07, 6.45) is 2.11. The second-order valence-electron chi connectivity index (χ2n) is 4.56. The third kappa shape index (κ3) is 3.47. The molecule has 1 unspecified atom stereocenters. The van der Waals surface area contributed by atoms with E-state index in [4.69, 9.17) is 9.47 Å². The summed E-state index contributed by atoms with van der Waals surface area (Å²) in [6, 6.07) is 5.19. The van der Waals surface area contributed by atoms with Crippen LogP contribution in [0.4, 0.5) is 0 Å². The Bertz CT molecular complexity index is 482. The first kappa shape index (κ1) is 13.4. The van der Waals surface area contributed by atoms with Gasteiger partial charge >= 0.3 is 0 Å². The number of carbonyl (C=O) groups excluding carboxylic acids is 2. The Labute approximate surface area is 111 Å². The van der Waals surface area contributed by atoms with Gasteiger partial charge in [0.15, 0.2) is 12.4 Å². The zero-order valence-corrected chi connectivity index (χ0v) is 11.0. The van der Waals surface area contributed by atoms with Gasteiger partial charge < -0.3 is 14.8 Å². The normalized spacial score (nSPS) is 15.5. The molecule has 2 rings (SSSR count). The predicted molar refractivity (Wildman–Crippen MR) is 69.6 cm³/mol. The lowest BCUT2D eigenvalue weighted by atomic mass is 10.2. The van der Waals surface area contributed by atoms with Crippen molar-refractivity contribution in [3.05, 3.63) is 23.8 Å². The Morgan fingerprint density at radius 1 is 1.47 bits per heavy atom. The highest BCUT2D eigenvalue weighted by Crippen LogP contribution is 2.24. The molecule has 102 valence electrons. The van der Waals surface area contributed by atoms with Crippen LogP contribution in [0.3, 0.4) is 0 Å². The number of aldehydes is 1. The smallest absolute Gasteiger partial charge is 0.260 e. The molecule has 1 fully saturated rings. The number of carbonyl (C=O) groups is 2. The van der Waals surface area contributed by atoms with Crippen LogP contribution >= 0.6 is 0 Å². The number of methoxy groups -OCH3 is 1. The molecule has 5 nitrogen and oxygen atoms in total. The second kappa shape index (κ2) is 5.73. The van der Waals surface area contributed by atoms with Gasteiger partial charge in [-0.15, -0.1) is 0 Å². The Kier molecular flexibility index (Phi) is 4.04. The maximum atomic E-state index is 11.8. The number of nitrogens with one attached hydrogen (secondary N) is 1. The average molecular weight is 263 g/mol. The molecule has 0 spiro atoms. The van der Waals surface area contributed by atoms with Crippen molar-refractivity contribution in [1.82, 2.24) is 5.32 Å². The Morgan fingerprint density at radius 2 is 2.21 bits per heavy atom. The molecule has 1 N–H and O–H groups in total. The van der Waals surface area contributed by atoms with Gasteiger partial charge in [0.05, 0.1) is 12.7 Å². The van der Waals surface area contributed by atoms with E-state index in [2.05, 4.69) is 5.32 Å². The van der Waals surface area contributed by atoms with Gasteiger partial charge in [-0.05, 0) is 38.0 Å². The minimum atomic E-state index is -0.632. The number of rotatable bonds is 6. The third-order valence-corrected chi connectivity index (χ3v) is 2.94. The largest absolute Gasteiger partial charge is 0.497 e. The molecule has 0 radical (unpaired) electrons. The number of hydrogen-bond acceptors (Lipinski definition) is 4. The first-order valence-corrected chi connectivity index (χ1v) is 6.24. The van der Waals surface area contributed by atoms with Crippen LogP contribution < -0.4 is 14.8 Å². The SMILES string of the molecule is COc1ccc(OC(C)C(=O)NC2CC2)c(C=O)c1. The van der Waals surface area contributed by atoms with Crippen molar-refractivity contribution >= 4 is 12.2 Å². The molecule has 5 heteroatoms. The number of hydrogen-bond donors (Lipinski definition) is 1. The topological polar surface area (TPSA) is 64.6 Å².